The molecule has 1 aromatic rings. The lowest BCUT2D eigenvalue weighted by molar-refractivity contribution is -0.0344. The molecule has 0 spiro atoms. The lowest BCUT2D eigenvalue weighted by atomic mass is 10.0. The van der Waals surface area contributed by atoms with Crippen LogP contribution in [0.15, 0.2) is 18.3 Å². The second kappa shape index (κ2) is 6.59. The lowest BCUT2D eigenvalue weighted by Crippen LogP contribution is -2.52. The molecule has 1 saturated heterocycles. The molecule has 1 N–H and O–H groups in total. The number of hydrogen-bond donors (Lipinski definition) is 1. The Morgan fingerprint density at radius 2 is 2.30 bits per heavy atom. The number of piperidine rings is 1. The lowest BCUT2D eigenvalue weighted by Gasteiger charge is -2.38. The molecule has 1 aromatic heterocycles. The second-order valence-corrected chi connectivity index (χ2v) is 5.27. The normalized spacial score (nSPS) is 23.9. The van der Waals surface area contributed by atoms with Crippen molar-refractivity contribution in [3.05, 3.63) is 18.3 Å². The number of anilines is 1. The second-order valence-electron chi connectivity index (χ2n) is 4.36. The summed E-state index contributed by atoms with van der Waals surface area (Å²) in [5.41, 5.74) is -4.29. The first kappa shape index (κ1) is 15.3. The van der Waals surface area contributed by atoms with Gasteiger partial charge in [0, 0.05) is 44.4 Å². The minimum absolute atomic E-state index is 0.220. The number of aromatic nitrogens is 2. The van der Waals surface area contributed by atoms with E-state index in [-0.39, 0.29) is 24.1 Å². The molecular weight excluding hydrogens is 293 g/mol. The van der Waals surface area contributed by atoms with Crippen molar-refractivity contribution in [1.82, 2.24) is 14.9 Å². The summed E-state index contributed by atoms with van der Waals surface area (Å²) in [6, 6.07) is 3.24. The monoisotopic (exact) mass is 308 g/mol. The number of alkyl halides is 3. The van der Waals surface area contributed by atoms with Crippen molar-refractivity contribution in [2.45, 2.75) is 24.1 Å². The van der Waals surface area contributed by atoms with Crippen LogP contribution >= 0.6 is 11.9 Å². The standard InChI is InChI=1S/C11H15F3N4OS/c1-19-9-7-18(10-3-2-5-15-16-10)6-4-8(9)17-20-11(12,13)14/h2-3,5,8-9,17H,4,6-7H2,1H3. The Kier molecular flexibility index (Phi) is 5.06. The smallest absolute Gasteiger partial charge is 0.378 e. The zero-order valence-electron chi connectivity index (χ0n) is 10.8. The third kappa shape index (κ3) is 4.22. The van der Waals surface area contributed by atoms with E-state index in [1.807, 2.05) is 11.0 Å². The maximum absolute atomic E-state index is 12.2. The van der Waals surface area contributed by atoms with Gasteiger partial charge in [-0.05, 0) is 18.6 Å². The summed E-state index contributed by atoms with van der Waals surface area (Å²) >= 11 is -0.220. The number of nitrogens with one attached hydrogen (secondary N) is 1. The van der Waals surface area contributed by atoms with E-state index in [1.54, 1.807) is 12.3 Å². The van der Waals surface area contributed by atoms with Crippen molar-refractivity contribution < 1.29 is 17.9 Å². The average Bonchev–Trinajstić information content (AvgIpc) is 2.45. The van der Waals surface area contributed by atoms with E-state index in [0.717, 1.165) is 0 Å². The SMILES string of the molecule is COC1CN(c2cccnn2)CCC1NSC(F)(F)F. The van der Waals surface area contributed by atoms with Crippen LogP contribution in [0.4, 0.5) is 19.0 Å². The van der Waals surface area contributed by atoms with Gasteiger partial charge >= 0.3 is 5.51 Å². The molecule has 1 fully saturated rings. The summed E-state index contributed by atoms with van der Waals surface area (Å²) in [5, 5.41) is 7.79. The molecule has 2 unspecified atom stereocenters. The third-order valence-corrected chi connectivity index (χ3v) is 3.72. The van der Waals surface area contributed by atoms with E-state index in [4.69, 9.17) is 4.74 Å². The Morgan fingerprint density at radius 3 is 2.90 bits per heavy atom. The molecule has 20 heavy (non-hydrogen) atoms. The fourth-order valence-corrected chi connectivity index (χ4v) is 2.66. The van der Waals surface area contributed by atoms with Crippen molar-refractivity contribution in [1.29, 1.82) is 0 Å². The minimum Gasteiger partial charge on any atom is -0.378 e. The summed E-state index contributed by atoms with van der Waals surface area (Å²) in [6.45, 7) is 1.08. The number of halogens is 3. The molecule has 2 heterocycles. The molecule has 0 radical (unpaired) electrons. The van der Waals surface area contributed by atoms with E-state index in [1.165, 1.54) is 7.11 Å². The molecule has 2 rings (SSSR count). The molecule has 112 valence electrons. The van der Waals surface area contributed by atoms with E-state index in [2.05, 4.69) is 14.9 Å². The van der Waals surface area contributed by atoms with Gasteiger partial charge in [0.25, 0.3) is 0 Å². The van der Waals surface area contributed by atoms with Gasteiger partial charge in [0.15, 0.2) is 5.82 Å². The summed E-state index contributed by atoms with van der Waals surface area (Å²) in [4.78, 5) is 1.96. The zero-order chi connectivity index (χ0) is 14.6. The van der Waals surface area contributed by atoms with Crippen LogP contribution in [-0.4, -0.2) is 48.1 Å². The van der Waals surface area contributed by atoms with Crippen molar-refractivity contribution in [3.63, 3.8) is 0 Å². The fourth-order valence-electron chi connectivity index (χ4n) is 2.10. The van der Waals surface area contributed by atoms with Crippen LogP contribution in [0.1, 0.15) is 6.42 Å². The number of methoxy groups -OCH3 is 1. The van der Waals surface area contributed by atoms with Crippen LogP contribution < -0.4 is 9.62 Å². The van der Waals surface area contributed by atoms with Gasteiger partial charge in [-0.15, -0.1) is 5.10 Å². The highest BCUT2D eigenvalue weighted by molar-refractivity contribution is 7.98. The molecule has 0 aromatic carbocycles. The maximum Gasteiger partial charge on any atom is 0.456 e. The van der Waals surface area contributed by atoms with E-state index < -0.39 is 5.51 Å². The first-order chi connectivity index (χ1) is 9.49. The Balaban J connectivity index is 1.94. The molecule has 1 aliphatic heterocycles. The Labute approximate surface area is 119 Å². The predicted octanol–water partition coefficient (Wildman–Crippen LogP) is 1.83. The highest BCUT2D eigenvalue weighted by atomic mass is 32.2. The summed E-state index contributed by atoms with van der Waals surface area (Å²) in [7, 11) is 1.50. The third-order valence-electron chi connectivity index (χ3n) is 3.07. The van der Waals surface area contributed by atoms with Crippen LogP contribution in [0.2, 0.25) is 0 Å². The molecular formula is C11H15F3N4OS. The molecule has 0 bridgehead atoms. The van der Waals surface area contributed by atoms with Crippen LogP contribution in [0.3, 0.4) is 0 Å². The van der Waals surface area contributed by atoms with Gasteiger partial charge in [-0.3, -0.25) is 4.72 Å². The van der Waals surface area contributed by atoms with Gasteiger partial charge in [0.05, 0.1) is 6.10 Å². The molecule has 0 aliphatic carbocycles. The van der Waals surface area contributed by atoms with E-state index in [0.29, 0.717) is 25.3 Å². The van der Waals surface area contributed by atoms with E-state index >= 15 is 0 Å². The van der Waals surface area contributed by atoms with Crippen LogP contribution in [0.5, 0.6) is 0 Å². The van der Waals surface area contributed by atoms with Gasteiger partial charge in [-0.1, -0.05) is 0 Å². The van der Waals surface area contributed by atoms with Gasteiger partial charge < -0.3 is 9.64 Å². The minimum atomic E-state index is -4.29. The van der Waals surface area contributed by atoms with Gasteiger partial charge in [-0.2, -0.15) is 18.3 Å². The van der Waals surface area contributed by atoms with Crippen molar-refractivity contribution in [3.8, 4) is 0 Å². The topological polar surface area (TPSA) is 50.3 Å². The Morgan fingerprint density at radius 1 is 1.50 bits per heavy atom. The zero-order valence-corrected chi connectivity index (χ0v) is 11.6. The van der Waals surface area contributed by atoms with Crippen LogP contribution in [-0.2, 0) is 4.74 Å². The average molecular weight is 308 g/mol. The van der Waals surface area contributed by atoms with E-state index in [9.17, 15) is 13.2 Å². The highest BCUT2D eigenvalue weighted by Gasteiger charge is 2.35. The Hall–Kier alpha value is -1.06. The fraction of sp³-hybridized carbons (Fsp3) is 0.636. The highest BCUT2D eigenvalue weighted by Crippen LogP contribution is 2.29. The molecule has 2 atom stereocenters. The quantitative estimate of drug-likeness (QED) is 0.857. The molecule has 5 nitrogen and oxygen atoms in total. The molecule has 1 aliphatic rings. The van der Waals surface area contributed by atoms with Gasteiger partial charge in [-0.25, -0.2) is 0 Å². The van der Waals surface area contributed by atoms with Crippen LogP contribution in [0.25, 0.3) is 0 Å². The molecule has 0 saturated carbocycles. The first-order valence-corrected chi connectivity index (χ1v) is 6.87. The summed E-state index contributed by atoms with van der Waals surface area (Å²) in [5.74, 6) is 0.705. The van der Waals surface area contributed by atoms with Crippen molar-refractivity contribution >= 4 is 17.8 Å². The van der Waals surface area contributed by atoms with Crippen LogP contribution in [0, 0.1) is 0 Å². The number of ether oxygens (including phenoxy) is 1. The number of hydrogen-bond acceptors (Lipinski definition) is 6. The molecule has 9 heteroatoms. The van der Waals surface area contributed by atoms with Gasteiger partial charge in [0.1, 0.15) is 0 Å². The summed E-state index contributed by atoms with van der Waals surface area (Å²) < 4.78 is 44.4. The Bertz CT molecular complexity index is 420. The maximum atomic E-state index is 12.2. The number of rotatable bonds is 4. The molecule has 0 amide bonds. The van der Waals surface area contributed by atoms with Crippen molar-refractivity contribution in [2.75, 3.05) is 25.1 Å². The predicted molar refractivity (Wildman–Crippen MR) is 70.2 cm³/mol. The van der Waals surface area contributed by atoms with Crippen molar-refractivity contribution in [2.24, 2.45) is 0 Å². The number of nitrogens with zero attached hydrogens (tertiary/aromatic N) is 3. The largest absolute Gasteiger partial charge is 0.456 e. The van der Waals surface area contributed by atoms with Gasteiger partial charge in [0.2, 0.25) is 0 Å². The summed E-state index contributed by atoms with van der Waals surface area (Å²) in [6.07, 6.45) is 1.78. The first-order valence-electron chi connectivity index (χ1n) is 6.05.